The summed E-state index contributed by atoms with van der Waals surface area (Å²) in [6.45, 7) is 3.65. The molecule has 0 atom stereocenters. The fourth-order valence-corrected chi connectivity index (χ4v) is 0.908. The van der Waals surface area contributed by atoms with Gasteiger partial charge in [0.2, 0.25) is 0 Å². The summed E-state index contributed by atoms with van der Waals surface area (Å²) < 4.78 is 14.6. The van der Waals surface area contributed by atoms with Crippen LogP contribution in [0.4, 0.5) is 4.79 Å². The summed E-state index contributed by atoms with van der Waals surface area (Å²) in [6.07, 6.45) is 0. The average Bonchev–Trinajstić information content (AvgIpc) is 2.31. The normalized spacial score (nSPS) is 9.76. The predicted octanol–water partition coefficient (Wildman–Crippen LogP) is -0.488. The van der Waals surface area contributed by atoms with E-state index in [1.54, 1.807) is 14.0 Å². The largest absolute Gasteiger partial charge is 0.465 e. The summed E-state index contributed by atoms with van der Waals surface area (Å²) in [6, 6.07) is -0.423. The second kappa shape index (κ2) is 11.2. The highest BCUT2D eigenvalue weighted by Crippen LogP contribution is 1.77. The zero-order chi connectivity index (χ0) is 12.9. The standard InChI is InChI=1S/C10H20N2O5/c1-3-17-9(13)8-12-10(14)11-4-5-16-7-6-15-2/h3-8H2,1-2H3,(H2,11,12,14). The van der Waals surface area contributed by atoms with E-state index in [1.807, 2.05) is 0 Å². The summed E-state index contributed by atoms with van der Waals surface area (Å²) in [5.41, 5.74) is 0. The lowest BCUT2D eigenvalue weighted by Gasteiger charge is -2.07. The van der Waals surface area contributed by atoms with Gasteiger partial charge in [0, 0.05) is 13.7 Å². The molecule has 0 aliphatic heterocycles. The highest BCUT2D eigenvalue weighted by atomic mass is 16.5. The fraction of sp³-hybridized carbons (Fsp3) is 0.800. The van der Waals surface area contributed by atoms with Crippen molar-refractivity contribution in [3.05, 3.63) is 0 Å². The van der Waals surface area contributed by atoms with Crippen LogP contribution in [0.1, 0.15) is 6.92 Å². The van der Waals surface area contributed by atoms with Crippen LogP contribution in [-0.2, 0) is 19.0 Å². The number of hydrogen-bond acceptors (Lipinski definition) is 5. The predicted molar refractivity (Wildman–Crippen MR) is 60.7 cm³/mol. The topological polar surface area (TPSA) is 85.9 Å². The van der Waals surface area contributed by atoms with E-state index in [4.69, 9.17) is 9.47 Å². The summed E-state index contributed by atoms with van der Waals surface area (Å²) in [5.74, 6) is -0.459. The minimum absolute atomic E-state index is 0.135. The van der Waals surface area contributed by atoms with Crippen LogP contribution in [0.25, 0.3) is 0 Å². The van der Waals surface area contributed by atoms with E-state index >= 15 is 0 Å². The Morgan fingerprint density at radius 3 is 2.53 bits per heavy atom. The van der Waals surface area contributed by atoms with Gasteiger partial charge >= 0.3 is 12.0 Å². The van der Waals surface area contributed by atoms with Crippen molar-refractivity contribution in [3.8, 4) is 0 Å². The molecular weight excluding hydrogens is 228 g/mol. The Hall–Kier alpha value is -1.34. The van der Waals surface area contributed by atoms with Crippen LogP contribution in [-0.4, -0.2) is 58.6 Å². The maximum Gasteiger partial charge on any atom is 0.325 e. The molecule has 0 aliphatic carbocycles. The van der Waals surface area contributed by atoms with E-state index < -0.39 is 12.0 Å². The number of urea groups is 1. The Morgan fingerprint density at radius 2 is 1.88 bits per heavy atom. The Balaban J connectivity index is 3.31. The van der Waals surface area contributed by atoms with Crippen molar-refractivity contribution in [1.82, 2.24) is 10.6 Å². The molecule has 0 fully saturated rings. The van der Waals surface area contributed by atoms with Crippen LogP contribution in [0, 0.1) is 0 Å². The van der Waals surface area contributed by atoms with E-state index in [0.717, 1.165) is 0 Å². The third-order valence-electron chi connectivity index (χ3n) is 1.66. The van der Waals surface area contributed by atoms with Crippen LogP contribution in [0.15, 0.2) is 0 Å². The van der Waals surface area contributed by atoms with E-state index in [0.29, 0.717) is 33.0 Å². The number of ether oxygens (including phenoxy) is 3. The van der Waals surface area contributed by atoms with Gasteiger partial charge in [-0.25, -0.2) is 4.79 Å². The van der Waals surface area contributed by atoms with Gasteiger partial charge in [-0.3, -0.25) is 4.79 Å². The van der Waals surface area contributed by atoms with Crippen molar-refractivity contribution in [2.75, 3.05) is 46.6 Å². The molecule has 0 aliphatic rings. The first-order chi connectivity index (χ1) is 8.20. The minimum atomic E-state index is -0.459. The van der Waals surface area contributed by atoms with E-state index in [-0.39, 0.29) is 6.54 Å². The van der Waals surface area contributed by atoms with Gasteiger partial charge in [0.05, 0.1) is 26.4 Å². The zero-order valence-electron chi connectivity index (χ0n) is 10.3. The summed E-state index contributed by atoms with van der Waals surface area (Å²) in [7, 11) is 1.59. The third-order valence-corrected chi connectivity index (χ3v) is 1.66. The van der Waals surface area contributed by atoms with E-state index in [1.165, 1.54) is 0 Å². The zero-order valence-corrected chi connectivity index (χ0v) is 10.3. The highest BCUT2D eigenvalue weighted by Gasteiger charge is 2.04. The second-order valence-electron chi connectivity index (χ2n) is 3.02. The van der Waals surface area contributed by atoms with Crippen molar-refractivity contribution in [1.29, 1.82) is 0 Å². The molecule has 0 bridgehead atoms. The molecule has 0 aromatic carbocycles. The molecular formula is C10H20N2O5. The lowest BCUT2D eigenvalue weighted by atomic mass is 10.6. The first-order valence-corrected chi connectivity index (χ1v) is 5.44. The van der Waals surface area contributed by atoms with Gasteiger partial charge in [0.25, 0.3) is 0 Å². The van der Waals surface area contributed by atoms with Crippen LogP contribution in [0.3, 0.4) is 0 Å². The number of carbonyl (C=O) groups is 2. The maximum absolute atomic E-state index is 11.1. The van der Waals surface area contributed by atoms with Crippen molar-refractivity contribution >= 4 is 12.0 Å². The smallest absolute Gasteiger partial charge is 0.325 e. The van der Waals surface area contributed by atoms with Gasteiger partial charge in [-0.05, 0) is 6.92 Å². The molecule has 7 heteroatoms. The molecule has 0 unspecified atom stereocenters. The van der Waals surface area contributed by atoms with Gasteiger partial charge in [-0.2, -0.15) is 0 Å². The number of hydrogen-bond donors (Lipinski definition) is 2. The Kier molecular flexibility index (Phi) is 10.3. The second-order valence-corrected chi connectivity index (χ2v) is 3.02. The highest BCUT2D eigenvalue weighted by molar-refractivity contribution is 5.80. The monoisotopic (exact) mass is 248 g/mol. The lowest BCUT2D eigenvalue weighted by molar-refractivity contribution is -0.141. The van der Waals surface area contributed by atoms with Gasteiger partial charge in [0.1, 0.15) is 6.54 Å². The molecule has 0 aromatic rings. The molecule has 0 saturated heterocycles. The molecule has 0 radical (unpaired) electrons. The minimum Gasteiger partial charge on any atom is -0.465 e. The number of carbonyl (C=O) groups excluding carboxylic acids is 2. The molecule has 2 amide bonds. The maximum atomic E-state index is 11.1. The number of methoxy groups -OCH3 is 1. The molecule has 0 heterocycles. The van der Waals surface area contributed by atoms with Crippen LogP contribution in [0.2, 0.25) is 0 Å². The molecule has 0 rings (SSSR count). The Bertz CT molecular complexity index is 223. The molecule has 17 heavy (non-hydrogen) atoms. The van der Waals surface area contributed by atoms with Gasteiger partial charge in [0.15, 0.2) is 0 Å². The lowest BCUT2D eigenvalue weighted by Crippen LogP contribution is -2.40. The summed E-state index contributed by atoms with van der Waals surface area (Å²) in [5, 5.41) is 4.90. The average molecular weight is 248 g/mol. The fourth-order valence-electron chi connectivity index (χ4n) is 0.908. The summed E-state index contributed by atoms with van der Waals surface area (Å²) >= 11 is 0. The van der Waals surface area contributed by atoms with Crippen molar-refractivity contribution in [3.63, 3.8) is 0 Å². The summed E-state index contributed by atoms with van der Waals surface area (Å²) in [4.78, 5) is 22.0. The first-order valence-electron chi connectivity index (χ1n) is 5.44. The quantitative estimate of drug-likeness (QED) is 0.425. The van der Waals surface area contributed by atoms with Crippen LogP contribution >= 0.6 is 0 Å². The SMILES string of the molecule is CCOC(=O)CNC(=O)NCCOCCOC. The molecule has 7 nitrogen and oxygen atoms in total. The van der Waals surface area contributed by atoms with Gasteiger partial charge in [-0.15, -0.1) is 0 Å². The number of esters is 1. The van der Waals surface area contributed by atoms with Crippen molar-refractivity contribution < 1.29 is 23.8 Å². The number of nitrogens with one attached hydrogen (secondary N) is 2. The molecule has 0 spiro atoms. The van der Waals surface area contributed by atoms with Crippen molar-refractivity contribution in [2.45, 2.75) is 6.92 Å². The number of rotatable bonds is 9. The first kappa shape index (κ1) is 15.7. The van der Waals surface area contributed by atoms with Gasteiger partial charge < -0.3 is 24.8 Å². The van der Waals surface area contributed by atoms with Crippen LogP contribution < -0.4 is 10.6 Å². The van der Waals surface area contributed by atoms with Crippen molar-refractivity contribution in [2.24, 2.45) is 0 Å². The van der Waals surface area contributed by atoms with E-state index in [2.05, 4.69) is 15.4 Å². The number of amides is 2. The van der Waals surface area contributed by atoms with Gasteiger partial charge in [-0.1, -0.05) is 0 Å². The molecule has 0 aromatic heterocycles. The van der Waals surface area contributed by atoms with E-state index in [9.17, 15) is 9.59 Å². The molecule has 0 saturated carbocycles. The third kappa shape index (κ3) is 10.9. The molecule has 100 valence electrons. The Labute approximate surface area is 101 Å². The van der Waals surface area contributed by atoms with Crippen LogP contribution in [0.5, 0.6) is 0 Å². The Morgan fingerprint density at radius 1 is 1.12 bits per heavy atom. The molecule has 2 N–H and O–H groups in total.